The molecule has 0 atom stereocenters. The highest BCUT2D eigenvalue weighted by Crippen LogP contribution is 2.32. The number of para-hydroxylation sites is 1. The number of thiazole rings is 1. The van der Waals surface area contributed by atoms with E-state index in [-0.39, 0.29) is 27.8 Å². The molecule has 0 saturated heterocycles. The van der Waals surface area contributed by atoms with Crippen molar-refractivity contribution in [2.75, 3.05) is 16.0 Å². The summed E-state index contributed by atoms with van der Waals surface area (Å²) in [6, 6.07) is 27.3. The summed E-state index contributed by atoms with van der Waals surface area (Å²) in [5.41, 5.74) is 5.03. The van der Waals surface area contributed by atoms with E-state index in [9.17, 15) is 13.0 Å². The van der Waals surface area contributed by atoms with Crippen LogP contribution in [0.2, 0.25) is 5.28 Å². The zero-order chi connectivity index (χ0) is 29.3. The molecule has 10 nitrogen and oxygen atoms in total. The summed E-state index contributed by atoms with van der Waals surface area (Å²) in [6.45, 7) is 2.06. The minimum atomic E-state index is -4.56. The number of halogens is 1. The molecule has 6 rings (SSSR count). The van der Waals surface area contributed by atoms with Crippen LogP contribution in [0.25, 0.3) is 20.8 Å². The van der Waals surface area contributed by atoms with E-state index < -0.39 is 10.1 Å². The highest BCUT2D eigenvalue weighted by molar-refractivity contribution is 7.86. The molecule has 4 aromatic carbocycles. The van der Waals surface area contributed by atoms with Crippen molar-refractivity contribution in [2.24, 2.45) is 0 Å². The minimum Gasteiger partial charge on any atom is -0.354 e. The van der Waals surface area contributed by atoms with Gasteiger partial charge in [-0.1, -0.05) is 24.3 Å². The van der Waals surface area contributed by atoms with Gasteiger partial charge in [0.1, 0.15) is 9.90 Å². The number of benzene rings is 4. The van der Waals surface area contributed by atoms with Gasteiger partial charge in [0.25, 0.3) is 10.1 Å². The topological polar surface area (TPSA) is 142 Å². The number of nitrogens with one attached hydrogen (secondary N) is 3. The minimum absolute atomic E-state index is 0.0731. The molecule has 13 heteroatoms. The fourth-order valence-electron chi connectivity index (χ4n) is 4.17. The molecule has 2 heterocycles. The van der Waals surface area contributed by atoms with Crippen molar-refractivity contribution in [1.29, 1.82) is 0 Å². The third kappa shape index (κ3) is 6.31. The van der Waals surface area contributed by atoms with Gasteiger partial charge in [-0.25, -0.2) is 4.98 Å². The molecule has 42 heavy (non-hydrogen) atoms. The van der Waals surface area contributed by atoms with E-state index in [1.54, 1.807) is 41.7 Å². The molecule has 0 aliphatic carbocycles. The Kier molecular flexibility index (Phi) is 7.43. The number of hydrogen-bond donors (Lipinski definition) is 4. The second kappa shape index (κ2) is 11.3. The van der Waals surface area contributed by atoms with Gasteiger partial charge in [0.15, 0.2) is 0 Å². The van der Waals surface area contributed by atoms with Gasteiger partial charge in [-0.15, -0.1) is 11.3 Å². The van der Waals surface area contributed by atoms with Crippen molar-refractivity contribution in [1.82, 2.24) is 19.9 Å². The second-order valence-corrected chi connectivity index (χ2v) is 12.0. The summed E-state index contributed by atoms with van der Waals surface area (Å²) >= 11 is 7.80. The Morgan fingerprint density at radius 2 is 1.40 bits per heavy atom. The normalized spacial score (nSPS) is 11.4. The van der Waals surface area contributed by atoms with E-state index in [0.717, 1.165) is 20.8 Å². The Morgan fingerprint density at radius 3 is 2.12 bits per heavy atom. The molecule has 0 fully saturated rings. The summed E-state index contributed by atoms with van der Waals surface area (Å²) < 4.78 is 35.3. The van der Waals surface area contributed by atoms with E-state index in [2.05, 4.69) is 43.9 Å². The molecule has 0 aliphatic heterocycles. The molecule has 0 unspecified atom stereocenters. The van der Waals surface area contributed by atoms with E-state index >= 15 is 0 Å². The van der Waals surface area contributed by atoms with Crippen molar-refractivity contribution in [3.63, 3.8) is 0 Å². The first-order valence-electron chi connectivity index (χ1n) is 12.6. The van der Waals surface area contributed by atoms with Crippen LogP contribution in [0.4, 0.5) is 34.6 Å². The summed E-state index contributed by atoms with van der Waals surface area (Å²) in [4.78, 5) is 17.0. The lowest BCUT2D eigenvalue weighted by Crippen LogP contribution is -2.06. The fourth-order valence-corrected chi connectivity index (χ4v) is 6.07. The molecule has 0 radical (unpaired) electrons. The molecular formula is C29H22ClN7O3S2. The van der Waals surface area contributed by atoms with Crippen molar-refractivity contribution in [2.45, 2.75) is 11.8 Å². The number of hydrogen-bond acceptors (Lipinski definition) is 10. The highest BCUT2D eigenvalue weighted by atomic mass is 35.5. The molecule has 0 bridgehead atoms. The Labute approximate surface area is 250 Å². The lowest BCUT2D eigenvalue weighted by atomic mass is 10.2. The van der Waals surface area contributed by atoms with Crippen molar-refractivity contribution >= 4 is 77.9 Å². The summed E-state index contributed by atoms with van der Waals surface area (Å²) in [7, 11) is -4.56. The van der Waals surface area contributed by atoms with Gasteiger partial charge in [-0.2, -0.15) is 23.4 Å². The standard InChI is InChI=1S/C29H22ClN7O3S2/c1-17-7-13-22-24(15-17)41-26(34-22)18-8-10-20(11-9-18)32-28-35-27(30)36-29(37-28)33-21-12-14-23(25(16-21)42(38,39)40)31-19-5-3-2-4-6-19/h2-16,31H,1H3,(H,38,39,40)(H2,32,33,35,36,37). The van der Waals surface area contributed by atoms with Crippen LogP contribution < -0.4 is 16.0 Å². The van der Waals surface area contributed by atoms with Crippen LogP contribution >= 0.6 is 22.9 Å². The van der Waals surface area contributed by atoms with Crippen LogP contribution in [0.3, 0.4) is 0 Å². The summed E-state index contributed by atoms with van der Waals surface area (Å²) in [5, 5.41) is 9.87. The first-order valence-corrected chi connectivity index (χ1v) is 15.2. The smallest absolute Gasteiger partial charge is 0.296 e. The third-order valence-electron chi connectivity index (χ3n) is 6.11. The predicted molar refractivity (Wildman–Crippen MR) is 167 cm³/mol. The average Bonchev–Trinajstić information content (AvgIpc) is 3.37. The van der Waals surface area contributed by atoms with E-state index in [1.807, 2.05) is 42.5 Å². The van der Waals surface area contributed by atoms with Crippen LogP contribution in [0.1, 0.15) is 5.56 Å². The van der Waals surface area contributed by atoms with Gasteiger partial charge in [-0.05, 0) is 90.8 Å². The summed E-state index contributed by atoms with van der Waals surface area (Å²) in [5.74, 6) is 0.252. The molecule has 0 aliphatic rings. The zero-order valence-corrected chi connectivity index (χ0v) is 24.3. The van der Waals surface area contributed by atoms with E-state index in [0.29, 0.717) is 17.1 Å². The molecule has 210 valence electrons. The first kappa shape index (κ1) is 27.5. The van der Waals surface area contributed by atoms with Gasteiger partial charge < -0.3 is 16.0 Å². The van der Waals surface area contributed by atoms with Crippen molar-refractivity contribution in [3.05, 3.63) is 102 Å². The van der Waals surface area contributed by atoms with Gasteiger partial charge in [0.2, 0.25) is 17.2 Å². The monoisotopic (exact) mass is 615 g/mol. The Morgan fingerprint density at radius 1 is 0.738 bits per heavy atom. The number of aromatic nitrogens is 4. The average molecular weight is 616 g/mol. The zero-order valence-electron chi connectivity index (χ0n) is 21.9. The van der Waals surface area contributed by atoms with Crippen molar-refractivity contribution < 1.29 is 13.0 Å². The lowest BCUT2D eigenvalue weighted by Gasteiger charge is -2.13. The molecular weight excluding hydrogens is 594 g/mol. The quantitative estimate of drug-likeness (QED) is 0.126. The van der Waals surface area contributed by atoms with Gasteiger partial charge >= 0.3 is 0 Å². The van der Waals surface area contributed by atoms with Crippen LogP contribution in [0.5, 0.6) is 0 Å². The maximum atomic E-state index is 12.1. The van der Waals surface area contributed by atoms with Crippen LogP contribution in [0.15, 0.2) is 95.9 Å². The third-order valence-corrected chi connectivity index (χ3v) is 8.24. The Balaban J connectivity index is 1.21. The molecule has 2 aromatic heterocycles. The van der Waals surface area contributed by atoms with E-state index in [1.165, 1.54) is 17.7 Å². The lowest BCUT2D eigenvalue weighted by molar-refractivity contribution is 0.483. The van der Waals surface area contributed by atoms with Gasteiger partial charge in [0.05, 0.1) is 15.9 Å². The summed E-state index contributed by atoms with van der Waals surface area (Å²) in [6.07, 6.45) is 0. The largest absolute Gasteiger partial charge is 0.354 e. The number of rotatable bonds is 8. The number of anilines is 6. The number of fused-ring (bicyclic) bond motifs is 1. The number of nitrogens with zero attached hydrogens (tertiary/aromatic N) is 4. The SMILES string of the molecule is Cc1ccc2nc(-c3ccc(Nc4nc(Cl)nc(Nc5ccc(Nc6ccccc6)c(S(=O)(=O)O)c5)n4)cc3)sc2c1. The maximum absolute atomic E-state index is 12.1. The van der Waals surface area contributed by atoms with Crippen LogP contribution in [0, 0.1) is 6.92 Å². The first-order chi connectivity index (χ1) is 20.2. The Hall–Kier alpha value is -4.62. The maximum Gasteiger partial charge on any atom is 0.296 e. The van der Waals surface area contributed by atoms with E-state index in [4.69, 9.17) is 16.6 Å². The van der Waals surface area contributed by atoms with Gasteiger partial charge in [-0.3, -0.25) is 4.55 Å². The van der Waals surface area contributed by atoms with Crippen LogP contribution in [-0.2, 0) is 10.1 Å². The van der Waals surface area contributed by atoms with Crippen molar-refractivity contribution in [3.8, 4) is 10.6 Å². The Bertz CT molecular complexity index is 2020. The predicted octanol–water partition coefficient (Wildman–Crippen LogP) is 7.59. The molecule has 0 spiro atoms. The molecule has 4 N–H and O–H groups in total. The fraction of sp³-hybridized carbons (Fsp3) is 0.0345. The number of aryl methyl sites for hydroxylation is 1. The molecule has 0 saturated carbocycles. The molecule has 6 aromatic rings. The van der Waals surface area contributed by atoms with Gasteiger partial charge in [0, 0.05) is 22.6 Å². The van der Waals surface area contributed by atoms with Crippen LogP contribution in [-0.4, -0.2) is 32.9 Å². The highest BCUT2D eigenvalue weighted by Gasteiger charge is 2.18. The second-order valence-electron chi connectivity index (χ2n) is 9.25. The molecule has 0 amide bonds.